The summed E-state index contributed by atoms with van der Waals surface area (Å²) >= 11 is 3.52. The molecule has 5 heteroatoms. The average molecular weight is 310 g/mol. The lowest BCUT2D eigenvalue weighted by atomic mass is 9.70. The summed E-state index contributed by atoms with van der Waals surface area (Å²) in [4.78, 5) is 14.8. The van der Waals surface area contributed by atoms with E-state index in [9.17, 15) is 4.79 Å². The maximum atomic E-state index is 10.7. The first-order valence-electron chi connectivity index (χ1n) is 5.86. The molecular formula is C13H12BrNO3. The van der Waals surface area contributed by atoms with Crippen LogP contribution in [-0.4, -0.2) is 12.9 Å². The quantitative estimate of drug-likeness (QED) is 0.622. The minimum absolute atomic E-state index is 0.221. The molecule has 1 fully saturated rings. The van der Waals surface area contributed by atoms with Gasteiger partial charge in [0.25, 0.3) is 0 Å². The Balaban J connectivity index is 2.25. The minimum Gasteiger partial charge on any atom is -0.454 e. The van der Waals surface area contributed by atoms with Crippen LogP contribution < -0.4 is 9.47 Å². The van der Waals surface area contributed by atoms with Gasteiger partial charge in [-0.2, -0.15) is 4.99 Å². The van der Waals surface area contributed by atoms with Gasteiger partial charge >= 0.3 is 0 Å². The number of aliphatic imine (C=N–C) groups is 1. The summed E-state index contributed by atoms with van der Waals surface area (Å²) in [5.74, 6) is 1.45. The number of hydrogen-bond acceptors (Lipinski definition) is 4. The Bertz CT molecular complexity index is 560. The maximum Gasteiger partial charge on any atom is 0.235 e. The third kappa shape index (κ3) is 1.51. The lowest BCUT2D eigenvalue weighted by Crippen LogP contribution is -2.33. The Kier molecular flexibility index (Phi) is 2.68. The van der Waals surface area contributed by atoms with Crippen molar-refractivity contribution < 1.29 is 14.3 Å². The van der Waals surface area contributed by atoms with E-state index in [0.717, 1.165) is 46.4 Å². The SMILES string of the molecule is Cc1c(Br)cc2c(c1C1(N=C=O)CCC1)OCO2. The molecule has 0 amide bonds. The first-order chi connectivity index (χ1) is 8.68. The van der Waals surface area contributed by atoms with Gasteiger partial charge in [0.05, 0.1) is 0 Å². The Hall–Kier alpha value is -1.32. The second-order valence-electron chi connectivity index (χ2n) is 4.68. The summed E-state index contributed by atoms with van der Waals surface area (Å²) in [6.07, 6.45) is 4.49. The third-order valence-electron chi connectivity index (χ3n) is 3.77. The topological polar surface area (TPSA) is 47.9 Å². The van der Waals surface area contributed by atoms with Crippen LogP contribution in [0, 0.1) is 6.92 Å². The normalized spacial score (nSPS) is 19.0. The van der Waals surface area contributed by atoms with Crippen molar-refractivity contribution in [3.8, 4) is 11.5 Å². The van der Waals surface area contributed by atoms with E-state index in [1.165, 1.54) is 0 Å². The van der Waals surface area contributed by atoms with Crippen LogP contribution in [0.4, 0.5) is 0 Å². The molecule has 0 saturated heterocycles. The highest BCUT2D eigenvalue weighted by molar-refractivity contribution is 9.10. The molecule has 1 aromatic carbocycles. The third-order valence-corrected chi connectivity index (χ3v) is 4.59. The molecule has 1 aliphatic heterocycles. The van der Waals surface area contributed by atoms with Crippen LogP contribution in [0.1, 0.15) is 30.4 Å². The lowest BCUT2D eigenvalue weighted by Gasteiger charge is -2.38. The number of halogens is 1. The summed E-state index contributed by atoms with van der Waals surface area (Å²) in [5.41, 5.74) is 1.56. The zero-order chi connectivity index (χ0) is 12.8. The smallest absolute Gasteiger partial charge is 0.235 e. The Labute approximate surface area is 113 Å². The van der Waals surface area contributed by atoms with Gasteiger partial charge in [-0.25, -0.2) is 4.79 Å². The molecule has 0 N–H and O–H groups in total. The summed E-state index contributed by atoms with van der Waals surface area (Å²) in [7, 11) is 0. The van der Waals surface area contributed by atoms with Gasteiger partial charge in [-0.05, 0) is 37.8 Å². The van der Waals surface area contributed by atoms with Crippen LogP contribution in [-0.2, 0) is 10.3 Å². The molecular weight excluding hydrogens is 298 g/mol. The van der Waals surface area contributed by atoms with E-state index in [1.807, 2.05) is 13.0 Å². The molecule has 1 heterocycles. The summed E-state index contributed by atoms with van der Waals surface area (Å²) in [6.45, 7) is 2.22. The van der Waals surface area contributed by atoms with Crippen molar-refractivity contribution in [2.45, 2.75) is 31.7 Å². The molecule has 1 aromatic rings. The molecule has 4 nitrogen and oxygen atoms in total. The molecule has 0 bridgehead atoms. The van der Waals surface area contributed by atoms with Crippen LogP contribution in [0.3, 0.4) is 0 Å². The summed E-state index contributed by atoms with van der Waals surface area (Å²) < 4.78 is 11.9. The largest absolute Gasteiger partial charge is 0.454 e. The number of nitrogens with zero attached hydrogens (tertiary/aromatic N) is 1. The van der Waals surface area contributed by atoms with Gasteiger partial charge in [0, 0.05) is 10.0 Å². The number of isocyanates is 1. The van der Waals surface area contributed by atoms with Crippen LogP contribution in [0.2, 0.25) is 0 Å². The predicted molar refractivity (Wildman–Crippen MR) is 68.7 cm³/mol. The molecule has 1 saturated carbocycles. The Morgan fingerprint density at radius 2 is 2.22 bits per heavy atom. The molecule has 1 aliphatic carbocycles. The van der Waals surface area contributed by atoms with Crippen LogP contribution >= 0.6 is 15.9 Å². The van der Waals surface area contributed by atoms with Crippen molar-refractivity contribution in [1.29, 1.82) is 0 Å². The van der Waals surface area contributed by atoms with Crippen molar-refractivity contribution in [2.75, 3.05) is 6.79 Å². The number of hydrogen-bond donors (Lipinski definition) is 0. The number of rotatable bonds is 2. The van der Waals surface area contributed by atoms with Gasteiger partial charge in [-0.1, -0.05) is 15.9 Å². The van der Waals surface area contributed by atoms with Crippen LogP contribution in [0.5, 0.6) is 11.5 Å². The fourth-order valence-electron chi connectivity index (χ4n) is 2.68. The number of carbonyl (C=O) groups excluding carboxylic acids is 1. The zero-order valence-electron chi connectivity index (χ0n) is 9.96. The molecule has 0 atom stereocenters. The number of benzene rings is 1. The van der Waals surface area contributed by atoms with E-state index in [1.54, 1.807) is 6.08 Å². The molecule has 0 radical (unpaired) electrons. The highest BCUT2D eigenvalue weighted by Gasteiger charge is 2.44. The van der Waals surface area contributed by atoms with Gasteiger partial charge in [-0.15, -0.1) is 0 Å². The monoisotopic (exact) mass is 309 g/mol. The van der Waals surface area contributed by atoms with Gasteiger partial charge in [-0.3, -0.25) is 0 Å². The lowest BCUT2D eigenvalue weighted by molar-refractivity contribution is 0.168. The first-order valence-corrected chi connectivity index (χ1v) is 6.65. The molecule has 94 valence electrons. The van der Waals surface area contributed by atoms with Crippen LogP contribution in [0.25, 0.3) is 0 Å². The number of ether oxygens (including phenoxy) is 2. The maximum absolute atomic E-state index is 10.7. The van der Waals surface area contributed by atoms with Crippen molar-refractivity contribution in [1.82, 2.24) is 0 Å². The van der Waals surface area contributed by atoms with Crippen molar-refractivity contribution in [2.24, 2.45) is 4.99 Å². The van der Waals surface area contributed by atoms with Crippen molar-refractivity contribution >= 4 is 22.0 Å². The average Bonchev–Trinajstić information content (AvgIpc) is 2.74. The minimum atomic E-state index is -0.465. The molecule has 0 unspecified atom stereocenters. The molecule has 0 aromatic heterocycles. The van der Waals surface area contributed by atoms with E-state index >= 15 is 0 Å². The first kappa shape index (κ1) is 11.8. The van der Waals surface area contributed by atoms with E-state index in [0.29, 0.717) is 0 Å². The summed E-state index contributed by atoms with van der Waals surface area (Å²) in [5, 5.41) is 0. The molecule has 18 heavy (non-hydrogen) atoms. The fourth-order valence-corrected chi connectivity index (χ4v) is 3.09. The van der Waals surface area contributed by atoms with Crippen molar-refractivity contribution in [3.63, 3.8) is 0 Å². The highest BCUT2D eigenvalue weighted by Crippen LogP contribution is 2.54. The van der Waals surface area contributed by atoms with E-state index in [2.05, 4.69) is 20.9 Å². The van der Waals surface area contributed by atoms with E-state index in [-0.39, 0.29) is 6.79 Å². The Morgan fingerprint density at radius 3 is 2.83 bits per heavy atom. The second kappa shape index (κ2) is 4.11. The molecule has 3 rings (SSSR count). The fraction of sp³-hybridized carbons (Fsp3) is 0.462. The van der Waals surface area contributed by atoms with Gasteiger partial charge in [0.1, 0.15) is 5.54 Å². The van der Waals surface area contributed by atoms with Gasteiger partial charge in [0.15, 0.2) is 11.5 Å². The van der Waals surface area contributed by atoms with Crippen LogP contribution in [0.15, 0.2) is 15.5 Å². The predicted octanol–water partition coefficient (Wildman–Crippen LogP) is 3.20. The summed E-state index contributed by atoms with van der Waals surface area (Å²) in [6, 6.07) is 1.90. The van der Waals surface area contributed by atoms with Gasteiger partial charge < -0.3 is 9.47 Å². The zero-order valence-corrected chi connectivity index (χ0v) is 11.5. The van der Waals surface area contributed by atoms with E-state index < -0.39 is 5.54 Å². The standard InChI is InChI=1S/C13H12BrNO3/c1-8-9(14)5-10-12(18-7-17-10)11(8)13(15-6-16)3-2-4-13/h5H,2-4,7H2,1H3. The van der Waals surface area contributed by atoms with Crippen molar-refractivity contribution in [3.05, 3.63) is 21.7 Å². The Morgan fingerprint density at radius 1 is 1.44 bits per heavy atom. The molecule has 0 spiro atoms. The van der Waals surface area contributed by atoms with Gasteiger partial charge in [0.2, 0.25) is 12.9 Å². The van der Waals surface area contributed by atoms with E-state index in [4.69, 9.17) is 9.47 Å². The second-order valence-corrected chi connectivity index (χ2v) is 5.53. The highest BCUT2D eigenvalue weighted by atomic mass is 79.9. The molecule has 2 aliphatic rings. The number of fused-ring (bicyclic) bond motifs is 1.